The quantitative estimate of drug-likeness (QED) is 0.642. The molecule has 142 valence electrons. The molecule has 1 aromatic carbocycles. The Morgan fingerprint density at radius 1 is 1.23 bits per heavy atom. The summed E-state index contributed by atoms with van der Waals surface area (Å²) in [5.74, 6) is 1.16. The Hall–Kier alpha value is -1.88. The van der Waals surface area contributed by atoms with Crippen LogP contribution in [0.25, 0.3) is 0 Å². The number of rotatable bonds is 9. The number of carbonyl (C=O) groups excluding carboxylic acids is 1. The van der Waals surface area contributed by atoms with Gasteiger partial charge in [0.1, 0.15) is 5.75 Å². The lowest BCUT2D eigenvalue weighted by Gasteiger charge is -2.17. The van der Waals surface area contributed by atoms with Gasteiger partial charge in [0.05, 0.1) is 5.01 Å². The summed E-state index contributed by atoms with van der Waals surface area (Å²) in [5, 5.41) is 6.20. The number of aryl methyl sites for hydroxylation is 3. The van der Waals surface area contributed by atoms with Crippen LogP contribution in [0.5, 0.6) is 5.75 Å². The molecule has 0 saturated heterocycles. The number of nitrogens with zero attached hydrogens (tertiary/aromatic N) is 1. The van der Waals surface area contributed by atoms with Crippen LogP contribution in [0.1, 0.15) is 61.4 Å². The molecule has 0 aliphatic carbocycles. The van der Waals surface area contributed by atoms with Gasteiger partial charge < -0.3 is 10.1 Å². The van der Waals surface area contributed by atoms with E-state index in [1.54, 1.807) is 18.3 Å². The highest BCUT2D eigenvalue weighted by Crippen LogP contribution is 2.24. The molecule has 26 heavy (non-hydrogen) atoms. The zero-order valence-electron chi connectivity index (χ0n) is 16.5. The monoisotopic (exact) mass is 374 g/mol. The Morgan fingerprint density at radius 3 is 2.62 bits per heavy atom. The average Bonchev–Trinajstić information content (AvgIpc) is 2.99. The van der Waals surface area contributed by atoms with Crippen molar-refractivity contribution in [1.29, 1.82) is 0 Å². The van der Waals surface area contributed by atoms with Crippen molar-refractivity contribution in [3.63, 3.8) is 0 Å². The second-order valence-corrected chi connectivity index (χ2v) is 8.01. The number of thiazole rings is 1. The maximum Gasteiger partial charge on any atom is 0.260 e. The topological polar surface area (TPSA) is 51.2 Å². The molecule has 2 rings (SSSR count). The number of hydrogen-bond donors (Lipinski definition) is 1. The molecule has 1 atom stereocenters. The lowest BCUT2D eigenvalue weighted by Crippen LogP contribution is -2.36. The number of benzene rings is 1. The number of ether oxygens (including phenoxy) is 1. The van der Waals surface area contributed by atoms with Crippen LogP contribution in [-0.2, 0) is 11.2 Å². The van der Waals surface area contributed by atoms with E-state index in [1.807, 2.05) is 19.1 Å². The molecule has 1 unspecified atom stereocenters. The number of nitrogens with one attached hydrogen (secondary N) is 1. The van der Waals surface area contributed by atoms with Crippen LogP contribution in [0.3, 0.4) is 0 Å². The molecule has 1 amide bonds. The lowest BCUT2D eigenvalue weighted by molar-refractivity contribution is -0.127. The Bertz CT molecular complexity index is 725. The number of hydrogen-bond acceptors (Lipinski definition) is 4. The Kier molecular flexibility index (Phi) is 7.64. The van der Waals surface area contributed by atoms with Gasteiger partial charge in [0.2, 0.25) is 0 Å². The Morgan fingerprint density at radius 2 is 2.00 bits per heavy atom. The maximum absolute atomic E-state index is 12.2. The van der Waals surface area contributed by atoms with E-state index in [4.69, 9.17) is 4.74 Å². The molecule has 1 N–H and O–H groups in total. The highest BCUT2D eigenvalue weighted by molar-refractivity contribution is 7.09. The molecule has 0 spiro atoms. The van der Waals surface area contributed by atoms with Gasteiger partial charge in [-0.1, -0.05) is 19.9 Å². The number of unbranched alkanes of at least 4 members (excludes halogenated alkanes) is 1. The van der Waals surface area contributed by atoms with Crippen molar-refractivity contribution in [2.24, 2.45) is 0 Å². The molecule has 0 bridgehead atoms. The van der Waals surface area contributed by atoms with E-state index < -0.39 is 6.10 Å². The summed E-state index contributed by atoms with van der Waals surface area (Å²) in [7, 11) is 0. The Labute approximate surface area is 161 Å². The van der Waals surface area contributed by atoms with Crippen LogP contribution >= 0.6 is 11.3 Å². The third-order valence-electron chi connectivity index (χ3n) is 4.33. The van der Waals surface area contributed by atoms with Crippen molar-refractivity contribution in [1.82, 2.24) is 10.3 Å². The molecule has 2 aromatic rings. The van der Waals surface area contributed by atoms with Crippen LogP contribution in [0.2, 0.25) is 0 Å². The van der Waals surface area contributed by atoms with E-state index in [-0.39, 0.29) is 5.91 Å². The highest BCUT2D eigenvalue weighted by atomic mass is 32.1. The van der Waals surface area contributed by atoms with Gasteiger partial charge in [0.25, 0.3) is 5.91 Å². The molecule has 1 heterocycles. The predicted octanol–water partition coefficient (Wildman–Crippen LogP) is 4.79. The molecule has 0 radical (unpaired) electrons. The summed E-state index contributed by atoms with van der Waals surface area (Å²) in [6, 6.07) is 6.04. The van der Waals surface area contributed by atoms with Gasteiger partial charge in [-0.25, -0.2) is 4.98 Å². The third kappa shape index (κ3) is 6.13. The molecule has 5 heteroatoms. The smallest absolute Gasteiger partial charge is 0.260 e. The van der Waals surface area contributed by atoms with Crippen molar-refractivity contribution < 1.29 is 9.53 Å². The second-order valence-electron chi connectivity index (χ2n) is 7.06. The van der Waals surface area contributed by atoms with E-state index in [1.165, 1.54) is 16.1 Å². The predicted molar refractivity (Wildman–Crippen MR) is 108 cm³/mol. The molecule has 0 saturated carbocycles. The molecular formula is C21H30N2O2S. The van der Waals surface area contributed by atoms with Gasteiger partial charge >= 0.3 is 0 Å². The van der Waals surface area contributed by atoms with Crippen molar-refractivity contribution in [2.75, 3.05) is 6.54 Å². The first-order chi connectivity index (χ1) is 12.4. The van der Waals surface area contributed by atoms with Gasteiger partial charge in [0.15, 0.2) is 6.10 Å². The van der Waals surface area contributed by atoms with E-state index in [0.717, 1.165) is 30.7 Å². The summed E-state index contributed by atoms with van der Waals surface area (Å²) in [4.78, 5) is 16.7. The molecule has 1 aromatic heterocycles. The largest absolute Gasteiger partial charge is 0.481 e. The summed E-state index contributed by atoms with van der Waals surface area (Å²) in [6.07, 6.45) is 2.44. The molecule has 0 aliphatic heterocycles. The van der Waals surface area contributed by atoms with Crippen molar-refractivity contribution in [3.05, 3.63) is 45.4 Å². The molecular weight excluding hydrogens is 344 g/mol. The van der Waals surface area contributed by atoms with Crippen LogP contribution < -0.4 is 10.1 Å². The van der Waals surface area contributed by atoms with Crippen LogP contribution in [0, 0.1) is 13.8 Å². The normalized spacial score (nSPS) is 12.2. The minimum Gasteiger partial charge on any atom is -0.481 e. The fraction of sp³-hybridized carbons (Fsp3) is 0.524. The van der Waals surface area contributed by atoms with Crippen molar-refractivity contribution >= 4 is 17.2 Å². The first kappa shape index (κ1) is 20.4. The minimum absolute atomic E-state index is 0.0688. The summed E-state index contributed by atoms with van der Waals surface area (Å²) >= 11 is 1.71. The van der Waals surface area contributed by atoms with Crippen molar-refractivity contribution in [3.8, 4) is 5.75 Å². The van der Waals surface area contributed by atoms with E-state index in [9.17, 15) is 4.79 Å². The summed E-state index contributed by atoms with van der Waals surface area (Å²) in [5.41, 5.74) is 3.59. The molecule has 4 nitrogen and oxygen atoms in total. The van der Waals surface area contributed by atoms with Crippen LogP contribution in [-0.4, -0.2) is 23.5 Å². The summed E-state index contributed by atoms with van der Waals surface area (Å²) < 4.78 is 5.80. The minimum atomic E-state index is -0.499. The average molecular weight is 375 g/mol. The number of carbonyl (C=O) groups is 1. The van der Waals surface area contributed by atoms with Gasteiger partial charge in [-0.15, -0.1) is 11.3 Å². The van der Waals surface area contributed by atoms with Crippen molar-refractivity contribution in [2.45, 2.75) is 65.9 Å². The SMILES string of the molecule is Cc1csc(CCCCNC(=O)C(C)Oc2ccc(C(C)C)c(C)c2)n1. The first-order valence-corrected chi connectivity index (χ1v) is 10.2. The highest BCUT2D eigenvalue weighted by Gasteiger charge is 2.15. The van der Waals surface area contributed by atoms with E-state index >= 15 is 0 Å². The lowest BCUT2D eigenvalue weighted by atomic mass is 9.98. The fourth-order valence-corrected chi connectivity index (χ4v) is 3.72. The van der Waals surface area contributed by atoms with Gasteiger partial charge in [-0.2, -0.15) is 0 Å². The van der Waals surface area contributed by atoms with Crippen LogP contribution in [0.15, 0.2) is 23.6 Å². The first-order valence-electron chi connectivity index (χ1n) is 9.32. The van der Waals surface area contributed by atoms with Gasteiger partial charge in [0, 0.05) is 17.6 Å². The van der Waals surface area contributed by atoms with Gasteiger partial charge in [-0.05, 0) is 69.2 Å². The third-order valence-corrected chi connectivity index (χ3v) is 5.36. The molecule has 0 aliphatic rings. The zero-order chi connectivity index (χ0) is 19.1. The molecule has 0 fully saturated rings. The van der Waals surface area contributed by atoms with Crippen LogP contribution in [0.4, 0.5) is 0 Å². The second kappa shape index (κ2) is 9.72. The fourth-order valence-electron chi connectivity index (χ4n) is 2.90. The standard InChI is InChI=1S/C21H30N2O2S/c1-14(2)19-10-9-18(12-15(19)3)25-17(5)21(24)22-11-7-6-8-20-23-16(4)13-26-20/h9-10,12-14,17H,6-8,11H2,1-5H3,(H,22,24). The number of aromatic nitrogens is 1. The number of amides is 1. The Balaban J connectivity index is 1.71. The zero-order valence-corrected chi connectivity index (χ0v) is 17.3. The van der Waals surface area contributed by atoms with Gasteiger partial charge in [-0.3, -0.25) is 4.79 Å². The summed E-state index contributed by atoms with van der Waals surface area (Å²) in [6.45, 7) is 10.9. The maximum atomic E-state index is 12.2. The van der Waals surface area contributed by atoms with E-state index in [0.29, 0.717) is 12.5 Å². The van der Waals surface area contributed by atoms with E-state index in [2.05, 4.69) is 42.5 Å².